The quantitative estimate of drug-likeness (QED) is 0.859. The first-order valence-corrected chi connectivity index (χ1v) is 9.06. The molecule has 1 aromatic heterocycles. The van der Waals surface area contributed by atoms with Gasteiger partial charge in [0, 0.05) is 12.8 Å². The summed E-state index contributed by atoms with van der Waals surface area (Å²) in [6.07, 6.45) is 5.40. The molecule has 2 rings (SSSR count). The average molecular weight is 300 g/mol. The molecule has 1 aliphatic rings. The minimum Gasteiger partial charge on any atom is -0.468 e. The van der Waals surface area contributed by atoms with Crippen molar-refractivity contribution in [1.29, 1.82) is 0 Å². The zero-order valence-corrected chi connectivity index (χ0v) is 13.0. The maximum atomic E-state index is 12.1. The van der Waals surface area contributed by atoms with Crippen molar-refractivity contribution in [3.63, 3.8) is 0 Å². The molecule has 0 amide bonds. The normalized spacial score (nSPS) is 27.3. The van der Waals surface area contributed by atoms with E-state index in [2.05, 4.69) is 4.90 Å². The highest BCUT2D eigenvalue weighted by Gasteiger charge is 2.50. The molecule has 2 N–H and O–H groups in total. The van der Waals surface area contributed by atoms with Crippen LogP contribution in [0.4, 0.5) is 0 Å². The summed E-state index contributed by atoms with van der Waals surface area (Å²) in [6, 6.07) is 3.76. The minimum absolute atomic E-state index is 0.360. The molecule has 0 saturated heterocycles. The average Bonchev–Trinajstić information content (AvgIpc) is 3.04. The van der Waals surface area contributed by atoms with Crippen LogP contribution in [-0.4, -0.2) is 43.5 Å². The smallest absolute Gasteiger partial charge is 0.152 e. The second-order valence-corrected chi connectivity index (χ2v) is 7.84. The number of sulfone groups is 1. The van der Waals surface area contributed by atoms with Gasteiger partial charge in [0.15, 0.2) is 9.84 Å². The predicted molar refractivity (Wildman–Crippen MR) is 79.1 cm³/mol. The number of rotatable bonds is 6. The zero-order valence-electron chi connectivity index (χ0n) is 12.2. The van der Waals surface area contributed by atoms with Crippen molar-refractivity contribution in [2.24, 2.45) is 5.73 Å². The van der Waals surface area contributed by atoms with E-state index < -0.39 is 15.4 Å². The molecule has 6 heteroatoms. The van der Waals surface area contributed by atoms with E-state index in [1.807, 2.05) is 19.1 Å². The first kappa shape index (κ1) is 15.5. The van der Waals surface area contributed by atoms with Gasteiger partial charge in [0.25, 0.3) is 0 Å². The molecule has 114 valence electrons. The Hall–Kier alpha value is -0.850. The van der Waals surface area contributed by atoms with E-state index in [0.717, 1.165) is 25.1 Å². The Balaban J connectivity index is 2.32. The van der Waals surface area contributed by atoms with Gasteiger partial charge in [-0.15, -0.1) is 0 Å². The summed E-state index contributed by atoms with van der Waals surface area (Å²) < 4.78 is 29.7. The van der Waals surface area contributed by atoms with E-state index in [4.69, 9.17) is 10.2 Å². The molecule has 0 spiro atoms. The summed E-state index contributed by atoms with van der Waals surface area (Å²) in [5, 5.41) is -0.380. The van der Waals surface area contributed by atoms with Crippen LogP contribution in [0, 0.1) is 0 Å². The summed E-state index contributed by atoms with van der Waals surface area (Å²) in [4.78, 5) is 2.17. The molecule has 1 heterocycles. The fraction of sp³-hybridized carbons (Fsp3) is 0.714. The highest BCUT2D eigenvalue weighted by atomic mass is 32.2. The van der Waals surface area contributed by atoms with Crippen molar-refractivity contribution in [3.05, 3.63) is 24.2 Å². The van der Waals surface area contributed by atoms with Crippen LogP contribution in [-0.2, 0) is 16.4 Å². The van der Waals surface area contributed by atoms with Crippen LogP contribution < -0.4 is 5.73 Å². The molecule has 1 saturated carbocycles. The first-order chi connectivity index (χ1) is 9.44. The van der Waals surface area contributed by atoms with Crippen LogP contribution in [0.15, 0.2) is 22.8 Å². The Morgan fingerprint density at radius 3 is 2.80 bits per heavy atom. The summed E-state index contributed by atoms with van der Waals surface area (Å²) in [6.45, 7) is 3.76. The van der Waals surface area contributed by atoms with Crippen molar-refractivity contribution in [2.45, 2.75) is 43.5 Å². The highest BCUT2D eigenvalue weighted by molar-refractivity contribution is 7.91. The van der Waals surface area contributed by atoms with Gasteiger partial charge in [-0.1, -0.05) is 13.3 Å². The van der Waals surface area contributed by atoms with Crippen molar-refractivity contribution in [2.75, 3.05) is 19.3 Å². The van der Waals surface area contributed by atoms with Gasteiger partial charge in [0.2, 0.25) is 0 Å². The lowest BCUT2D eigenvalue weighted by Crippen LogP contribution is -2.60. The van der Waals surface area contributed by atoms with Gasteiger partial charge in [0.1, 0.15) is 5.76 Å². The molecule has 0 aromatic carbocycles. The molecule has 0 aliphatic heterocycles. The molecule has 0 radical (unpaired) electrons. The van der Waals surface area contributed by atoms with Crippen molar-refractivity contribution in [1.82, 2.24) is 4.90 Å². The van der Waals surface area contributed by atoms with Gasteiger partial charge in [-0.2, -0.15) is 0 Å². The molecule has 20 heavy (non-hydrogen) atoms. The Morgan fingerprint density at radius 1 is 1.55 bits per heavy atom. The van der Waals surface area contributed by atoms with Crippen LogP contribution in [0.5, 0.6) is 0 Å². The lowest BCUT2D eigenvalue weighted by Gasteiger charge is -2.43. The number of furan rings is 1. The molecule has 1 aromatic rings. The highest BCUT2D eigenvalue weighted by Crippen LogP contribution is 2.39. The van der Waals surface area contributed by atoms with Gasteiger partial charge in [0.05, 0.1) is 23.6 Å². The fourth-order valence-electron chi connectivity index (χ4n) is 3.53. The zero-order chi connectivity index (χ0) is 14.8. The lowest BCUT2D eigenvalue weighted by molar-refractivity contribution is 0.0913. The van der Waals surface area contributed by atoms with Gasteiger partial charge in [-0.3, -0.25) is 4.90 Å². The van der Waals surface area contributed by atoms with E-state index in [1.165, 1.54) is 6.26 Å². The summed E-state index contributed by atoms with van der Waals surface area (Å²) in [5.74, 6) is 0.846. The van der Waals surface area contributed by atoms with E-state index in [9.17, 15) is 8.42 Å². The van der Waals surface area contributed by atoms with E-state index in [1.54, 1.807) is 6.26 Å². The molecule has 2 unspecified atom stereocenters. The topological polar surface area (TPSA) is 76.5 Å². The van der Waals surface area contributed by atoms with Gasteiger partial charge >= 0.3 is 0 Å². The predicted octanol–water partition coefficient (Wildman–Crippen LogP) is 1.40. The fourth-order valence-corrected chi connectivity index (χ4v) is 5.29. The van der Waals surface area contributed by atoms with Crippen LogP contribution >= 0.6 is 0 Å². The third-order valence-electron chi connectivity index (χ3n) is 4.48. The molecule has 0 bridgehead atoms. The largest absolute Gasteiger partial charge is 0.468 e. The van der Waals surface area contributed by atoms with Gasteiger partial charge in [-0.25, -0.2) is 8.42 Å². The number of hydrogen-bond donors (Lipinski definition) is 1. The monoisotopic (exact) mass is 300 g/mol. The number of likely N-dealkylation sites (N-methyl/N-ethyl adjacent to an activating group) is 1. The molecule has 1 aliphatic carbocycles. The van der Waals surface area contributed by atoms with Crippen LogP contribution in [0.1, 0.15) is 31.9 Å². The van der Waals surface area contributed by atoms with Crippen molar-refractivity contribution < 1.29 is 12.8 Å². The second kappa shape index (κ2) is 5.87. The van der Waals surface area contributed by atoms with Crippen LogP contribution in [0.25, 0.3) is 0 Å². The van der Waals surface area contributed by atoms with E-state index in [-0.39, 0.29) is 5.25 Å². The maximum Gasteiger partial charge on any atom is 0.152 e. The minimum atomic E-state index is -3.11. The Labute approximate surface area is 121 Å². The SMILES string of the molecule is CCN(Cc1ccco1)C1(CN)CCCC1S(C)(=O)=O. The van der Waals surface area contributed by atoms with Crippen LogP contribution in [0.3, 0.4) is 0 Å². The third-order valence-corrected chi connectivity index (χ3v) is 6.19. The number of hydrogen-bond acceptors (Lipinski definition) is 5. The lowest BCUT2D eigenvalue weighted by atomic mass is 9.94. The summed E-state index contributed by atoms with van der Waals surface area (Å²) in [5.41, 5.74) is 5.56. The maximum absolute atomic E-state index is 12.1. The van der Waals surface area contributed by atoms with E-state index >= 15 is 0 Å². The van der Waals surface area contributed by atoms with Crippen LogP contribution in [0.2, 0.25) is 0 Å². The Bertz CT molecular complexity index is 527. The summed E-state index contributed by atoms with van der Waals surface area (Å²) >= 11 is 0. The molecule has 5 nitrogen and oxygen atoms in total. The first-order valence-electron chi connectivity index (χ1n) is 7.10. The number of nitrogens with zero attached hydrogens (tertiary/aromatic N) is 1. The Morgan fingerprint density at radius 2 is 2.30 bits per heavy atom. The summed E-state index contributed by atoms with van der Waals surface area (Å²) in [7, 11) is -3.11. The Kier molecular flexibility index (Phi) is 4.56. The third kappa shape index (κ3) is 2.77. The molecular weight excluding hydrogens is 276 g/mol. The van der Waals surface area contributed by atoms with Crippen molar-refractivity contribution >= 4 is 9.84 Å². The van der Waals surface area contributed by atoms with Crippen molar-refractivity contribution in [3.8, 4) is 0 Å². The number of nitrogens with two attached hydrogens (primary N) is 1. The second-order valence-electron chi connectivity index (χ2n) is 5.61. The molecule has 2 atom stereocenters. The van der Waals surface area contributed by atoms with Gasteiger partial charge in [-0.05, 0) is 31.5 Å². The van der Waals surface area contributed by atoms with E-state index in [0.29, 0.717) is 19.5 Å². The standard InChI is InChI=1S/C14H24N2O3S/c1-3-16(10-12-6-5-9-19-12)14(11-15)8-4-7-13(14)20(2,17)18/h5-6,9,13H,3-4,7-8,10-11,15H2,1-2H3. The van der Waals surface area contributed by atoms with Gasteiger partial charge < -0.3 is 10.2 Å². The molecule has 1 fully saturated rings. The molecular formula is C14H24N2O3S.